The number of nitrogens with one attached hydrogen (secondary N) is 1. The van der Waals surface area contributed by atoms with E-state index in [1.54, 1.807) is 19.2 Å². The lowest BCUT2D eigenvalue weighted by atomic mass is 9.84. The molecule has 0 aromatic heterocycles. The van der Waals surface area contributed by atoms with Crippen LogP contribution in [0.4, 0.5) is 4.39 Å². The highest BCUT2D eigenvalue weighted by Crippen LogP contribution is 2.33. The van der Waals surface area contributed by atoms with Gasteiger partial charge in [0.1, 0.15) is 12.4 Å². The highest BCUT2D eigenvalue weighted by molar-refractivity contribution is 5.46. The number of nitrogens with zero attached hydrogens (tertiary/aromatic N) is 1. The Kier molecular flexibility index (Phi) is 5.60. The number of para-hydroxylation sites is 1. The summed E-state index contributed by atoms with van der Waals surface area (Å²) < 4.78 is 24.7. The maximum atomic E-state index is 13.1. The number of halogens is 1. The van der Waals surface area contributed by atoms with Gasteiger partial charge in [0, 0.05) is 24.7 Å². The molecule has 0 amide bonds. The first-order valence-corrected chi connectivity index (χ1v) is 9.72. The van der Waals surface area contributed by atoms with E-state index < -0.39 is 0 Å². The zero-order chi connectivity index (χ0) is 18.6. The van der Waals surface area contributed by atoms with E-state index in [2.05, 4.69) is 16.3 Å². The minimum absolute atomic E-state index is 0.238. The van der Waals surface area contributed by atoms with Gasteiger partial charge in [0.15, 0.2) is 11.5 Å². The monoisotopic (exact) mass is 370 g/mol. The van der Waals surface area contributed by atoms with Gasteiger partial charge < -0.3 is 19.7 Å². The zero-order valence-electron chi connectivity index (χ0n) is 15.8. The maximum Gasteiger partial charge on any atom is 0.166 e. The molecule has 2 aromatic carbocycles. The molecule has 0 spiro atoms. The Morgan fingerprint density at radius 3 is 2.56 bits per heavy atom. The zero-order valence-corrected chi connectivity index (χ0v) is 15.8. The molecule has 3 fully saturated rings. The lowest BCUT2D eigenvalue weighted by Gasteiger charge is -2.45. The number of benzene rings is 2. The van der Waals surface area contributed by atoms with E-state index in [-0.39, 0.29) is 5.82 Å². The molecule has 4 nitrogen and oxygen atoms in total. The van der Waals surface area contributed by atoms with Gasteiger partial charge in [0.2, 0.25) is 0 Å². The Hall–Kier alpha value is -2.11. The van der Waals surface area contributed by atoms with E-state index in [4.69, 9.17) is 9.47 Å². The normalized spacial score (nSPS) is 24.0. The molecule has 1 atom stereocenters. The van der Waals surface area contributed by atoms with Gasteiger partial charge in [-0.05, 0) is 55.6 Å². The molecular formula is C22H27FN2O2. The van der Waals surface area contributed by atoms with Gasteiger partial charge in [-0.15, -0.1) is 0 Å². The molecule has 1 unspecified atom stereocenters. The van der Waals surface area contributed by atoms with Crippen LogP contribution in [0.3, 0.4) is 0 Å². The number of hydrogen-bond donors (Lipinski definition) is 1. The summed E-state index contributed by atoms with van der Waals surface area (Å²) in [6.07, 6.45) is 2.59. The first-order chi connectivity index (χ1) is 13.2. The lowest BCUT2D eigenvalue weighted by molar-refractivity contribution is 0.0718. The van der Waals surface area contributed by atoms with Gasteiger partial charge in [-0.25, -0.2) is 4.39 Å². The number of ether oxygens (including phenoxy) is 2. The number of fused-ring (bicyclic) bond motifs is 3. The lowest BCUT2D eigenvalue weighted by Crippen LogP contribution is -2.55. The maximum absolute atomic E-state index is 13.1. The summed E-state index contributed by atoms with van der Waals surface area (Å²) in [4.78, 5) is 2.55. The van der Waals surface area contributed by atoms with E-state index in [0.29, 0.717) is 12.6 Å². The molecule has 0 radical (unpaired) electrons. The van der Waals surface area contributed by atoms with Crippen LogP contribution in [0.2, 0.25) is 0 Å². The van der Waals surface area contributed by atoms with E-state index in [1.165, 1.54) is 38.1 Å². The van der Waals surface area contributed by atoms with E-state index >= 15 is 0 Å². The van der Waals surface area contributed by atoms with Crippen molar-refractivity contribution >= 4 is 0 Å². The summed E-state index contributed by atoms with van der Waals surface area (Å²) >= 11 is 0. The van der Waals surface area contributed by atoms with Crippen LogP contribution in [0.5, 0.6) is 11.5 Å². The molecule has 0 aliphatic carbocycles. The van der Waals surface area contributed by atoms with Crippen molar-refractivity contribution in [1.29, 1.82) is 0 Å². The number of methoxy groups -OCH3 is 1. The van der Waals surface area contributed by atoms with Gasteiger partial charge in [-0.1, -0.05) is 24.3 Å². The van der Waals surface area contributed by atoms with Crippen molar-refractivity contribution in [2.24, 2.45) is 5.92 Å². The van der Waals surface area contributed by atoms with Crippen molar-refractivity contribution in [2.75, 3.05) is 26.7 Å². The fourth-order valence-electron chi connectivity index (χ4n) is 4.20. The van der Waals surface area contributed by atoms with Gasteiger partial charge in [-0.3, -0.25) is 0 Å². The second kappa shape index (κ2) is 8.28. The van der Waals surface area contributed by atoms with Crippen molar-refractivity contribution in [3.63, 3.8) is 0 Å². The molecule has 1 N–H and O–H groups in total. The van der Waals surface area contributed by atoms with Gasteiger partial charge in [0.25, 0.3) is 0 Å². The van der Waals surface area contributed by atoms with E-state index in [9.17, 15) is 4.39 Å². The highest BCUT2D eigenvalue weighted by atomic mass is 19.1. The van der Waals surface area contributed by atoms with Crippen LogP contribution in [0.1, 0.15) is 24.0 Å². The first kappa shape index (κ1) is 18.3. The van der Waals surface area contributed by atoms with Crippen molar-refractivity contribution < 1.29 is 13.9 Å². The Morgan fingerprint density at radius 2 is 1.89 bits per heavy atom. The Morgan fingerprint density at radius 1 is 1.11 bits per heavy atom. The fourth-order valence-corrected chi connectivity index (χ4v) is 4.20. The summed E-state index contributed by atoms with van der Waals surface area (Å²) in [7, 11) is 1.66. The molecule has 3 saturated heterocycles. The summed E-state index contributed by atoms with van der Waals surface area (Å²) in [5.74, 6) is 2.03. The Balaban J connectivity index is 1.44. The van der Waals surface area contributed by atoms with Crippen LogP contribution in [0, 0.1) is 11.7 Å². The van der Waals surface area contributed by atoms with Crippen molar-refractivity contribution in [1.82, 2.24) is 10.2 Å². The first-order valence-electron chi connectivity index (χ1n) is 9.72. The molecule has 2 bridgehead atoms. The molecule has 0 saturated carbocycles. The largest absolute Gasteiger partial charge is 0.493 e. The summed E-state index contributed by atoms with van der Waals surface area (Å²) in [5.41, 5.74) is 2.02. The minimum Gasteiger partial charge on any atom is -0.493 e. The quantitative estimate of drug-likeness (QED) is 0.808. The fraction of sp³-hybridized carbons (Fsp3) is 0.455. The topological polar surface area (TPSA) is 33.7 Å². The molecule has 3 heterocycles. The van der Waals surface area contributed by atoms with E-state index in [0.717, 1.165) is 41.6 Å². The van der Waals surface area contributed by atoms with Crippen LogP contribution >= 0.6 is 0 Å². The Labute approximate surface area is 160 Å². The van der Waals surface area contributed by atoms with Crippen molar-refractivity contribution in [3.05, 3.63) is 59.4 Å². The number of piperidine rings is 3. The highest BCUT2D eigenvalue weighted by Gasteiger charge is 2.33. The molecule has 3 aliphatic rings. The second-order valence-corrected chi connectivity index (χ2v) is 7.49. The third-order valence-electron chi connectivity index (χ3n) is 5.79. The molecule has 27 heavy (non-hydrogen) atoms. The summed E-state index contributed by atoms with van der Waals surface area (Å²) in [5, 5.41) is 3.74. The predicted molar refractivity (Wildman–Crippen MR) is 104 cm³/mol. The Bertz CT molecular complexity index is 757. The smallest absolute Gasteiger partial charge is 0.166 e. The third kappa shape index (κ3) is 4.25. The third-order valence-corrected chi connectivity index (χ3v) is 5.79. The van der Waals surface area contributed by atoms with E-state index in [1.807, 2.05) is 12.1 Å². The summed E-state index contributed by atoms with van der Waals surface area (Å²) in [6, 6.07) is 12.9. The molecule has 5 rings (SSSR count). The van der Waals surface area contributed by atoms with Crippen LogP contribution in [-0.2, 0) is 13.2 Å². The summed E-state index contributed by atoms with van der Waals surface area (Å²) in [6.45, 7) is 4.76. The van der Waals surface area contributed by atoms with Crippen LogP contribution in [-0.4, -0.2) is 37.7 Å². The second-order valence-electron chi connectivity index (χ2n) is 7.49. The molecule has 3 aliphatic heterocycles. The number of rotatable bonds is 7. The predicted octanol–water partition coefficient (Wildman–Crippen LogP) is 3.60. The molecule has 144 valence electrons. The molecule has 5 heteroatoms. The van der Waals surface area contributed by atoms with Crippen LogP contribution in [0.15, 0.2) is 42.5 Å². The minimum atomic E-state index is -0.238. The standard InChI is InChI=1S/C22H27FN2O2/c1-26-21-4-2-3-18(13-24-20-14-25-11-9-17(20)10-12-25)22(21)27-15-16-5-7-19(23)8-6-16/h2-8,17,20,24H,9-15H2,1H3. The van der Waals surface area contributed by atoms with Gasteiger partial charge >= 0.3 is 0 Å². The van der Waals surface area contributed by atoms with Crippen molar-refractivity contribution in [3.8, 4) is 11.5 Å². The van der Waals surface area contributed by atoms with Crippen LogP contribution < -0.4 is 14.8 Å². The SMILES string of the molecule is COc1cccc(CNC2CN3CCC2CC3)c1OCc1ccc(F)cc1. The molecular weight excluding hydrogens is 343 g/mol. The van der Waals surface area contributed by atoms with Gasteiger partial charge in [-0.2, -0.15) is 0 Å². The van der Waals surface area contributed by atoms with Crippen LogP contribution in [0.25, 0.3) is 0 Å². The molecule has 2 aromatic rings. The van der Waals surface area contributed by atoms with Crippen molar-refractivity contribution in [2.45, 2.75) is 32.0 Å². The number of hydrogen-bond acceptors (Lipinski definition) is 4. The van der Waals surface area contributed by atoms with Gasteiger partial charge in [0.05, 0.1) is 7.11 Å². The average Bonchev–Trinajstić information content (AvgIpc) is 2.73. The average molecular weight is 370 g/mol.